The molecule has 0 N–H and O–H groups in total. The third-order valence-electron chi connectivity index (χ3n) is 0. The fourth-order valence-electron chi connectivity index (χ4n) is 0. The van der Waals surface area contributed by atoms with Gasteiger partial charge < -0.3 is 37.0 Å². The van der Waals surface area contributed by atoms with Gasteiger partial charge in [-0.05, 0) is 0 Å². The quantitative estimate of drug-likeness (QED) is 0.299. The molecule has 0 fully saturated rings. The maximum Gasteiger partial charge on any atom is 2.00 e. The van der Waals surface area contributed by atoms with Gasteiger partial charge in [0.15, 0.2) is 0 Å². The third-order valence-corrected chi connectivity index (χ3v) is 0. The summed E-state index contributed by atoms with van der Waals surface area (Å²) in [6.07, 6.45) is 0. The minimum Gasteiger partial charge on any atom is -0.857 e. The van der Waals surface area contributed by atoms with Crippen LogP contribution in [0.5, 0.6) is 0 Å². The SMILES string of the molecule is [O-][Si]([O-])([O-])F.[O-][Si]([O-])([O-])F.[Zn+2].[Zn+2].[Zn+2]. The molecule has 0 bridgehead atoms. The Kier molecular flexibility index (Phi) is 27.1. The van der Waals surface area contributed by atoms with Crippen LogP contribution in [0.1, 0.15) is 0 Å². The maximum atomic E-state index is 10.2. The van der Waals surface area contributed by atoms with Crippen molar-refractivity contribution in [3.63, 3.8) is 0 Å². The molecule has 0 aromatic heterocycles. The van der Waals surface area contributed by atoms with Crippen molar-refractivity contribution in [2.24, 2.45) is 0 Å². The van der Waals surface area contributed by atoms with Crippen LogP contribution in [0.4, 0.5) is 8.22 Å². The van der Waals surface area contributed by atoms with Gasteiger partial charge in [0.25, 0.3) is 0 Å². The van der Waals surface area contributed by atoms with Crippen LogP contribution in [0, 0.1) is 0 Å². The Morgan fingerprint density at radius 1 is 0.538 bits per heavy atom. The van der Waals surface area contributed by atoms with Crippen LogP contribution in [-0.2, 0) is 58.4 Å². The first-order chi connectivity index (χ1) is 4.00. The second kappa shape index (κ2) is 12.0. The van der Waals surface area contributed by atoms with Gasteiger partial charge in [-0.1, -0.05) is 18.3 Å². The van der Waals surface area contributed by atoms with E-state index in [1.54, 1.807) is 0 Å². The standard InChI is InChI=1S/2FO3Si.3Zn/c2*1-5(2,3)4;;;/q2*-3;3*+2. The number of halogens is 2. The minimum atomic E-state index is -5.86. The second-order valence-electron chi connectivity index (χ2n) is 0.963. The fraction of sp³-hybridized carbons (Fsp3) is 0. The Balaban J connectivity index is -0.0000000267. The molecule has 0 aliphatic heterocycles. The van der Waals surface area contributed by atoms with Gasteiger partial charge in [-0.2, -0.15) is 0 Å². The molecule has 64 valence electrons. The van der Waals surface area contributed by atoms with Crippen LogP contribution in [0.3, 0.4) is 0 Å². The smallest absolute Gasteiger partial charge is 0.857 e. The van der Waals surface area contributed by atoms with E-state index < -0.39 is 18.3 Å². The molecule has 0 heterocycles. The Bertz CT molecular complexity index is 66.9. The van der Waals surface area contributed by atoms with Crippen molar-refractivity contribution in [1.29, 1.82) is 0 Å². The van der Waals surface area contributed by atoms with Crippen molar-refractivity contribution in [2.75, 3.05) is 0 Å². The summed E-state index contributed by atoms with van der Waals surface area (Å²) in [6, 6.07) is 0. The molecular formula is F2O6Si2Zn3. The zero-order valence-corrected chi connectivity index (χ0v) is 17.2. The molecule has 0 aliphatic carbocycles. The average Bonchev–Trinajstić information content (AvgIpc) is 1.12. The van der Waals surface area contributed by atoms with E-state index in [-0.39, 0.29) is 58.4 Å². The van der Waals surface area contributed by atoms with Gasteiger partial charge in [0.05, 0.1) is 0 Å². The molecule has 0 atom stereocenters. The third kappa shape index (κ3) is 535. The summed E-state index contributed by atoms with van der Waals surface area (Å²) in [5, 5.41) is 0. The Hall–Kier alpha value is 1.92. The monoisotopic (exact) mass is 382 g/mol. The largest absolute Gasteiger partial charge is 2.00 e. The van der Waals surface area contributed by atoms with E-state index in [9.17, 15) is 8.22 Å². The zero-order chi connectivity index (χ0) is 9.00. The molecule has 0 aliphatic rings. The van der Waals surface area contributed by atoms with E-state index >= 15 is 0 Å². The average molecular weight is 386 g/mol. The van der Waals surface area contributed by atoms with E-state index in [4.69, 9.17) is 28.8 Å². The van der Waals surface area contributed by atoms with Crippen LogP contribution in [0.15, 0.2) is 0 Å². The summed E-state index contributed by atoms with van der Waals surface area (Å²) < 4.78 is 20.3. The first-order valence-corrected chi connectivity index (χ1v) is 4.81. The molecule has 0 rings (SSSR count). The molecular weight excluding hydrogens is 386 g/mol. The van der Waals surface area contributed by atoms with Gasteiger partial charge in [-0.25, -0.2) is 0 Å². The van der Waals surface area contributed by atoms with Crippen LogP contribution in [0.2, 0.25) is 0 Å². The van der Waals surface area contributed by atoms with Crippen molar-refractivity contribution >= 4 is 18.3 Å². The number of hydrogen-bond donors (Lipinski definition) is 0. The molecule has 0 radical (unpaired) electrons. The molecule has 0 saturated heterocycles. The van der Waals surface area contributed by atoms with Crippen molar-refractivity contribution < 1.29 is 95.4 Å². The Morgan fingerprint density at radius 3 is 0.538 bits per heavy atom. The molecule has 13 heteroatoms. The summed E-state index contributed by atoms with van der Waals surface area (Å²) in [4.78, 5) is 50.8. The van der Waals surface area contributed by atoms with E-state index in [2.05, 4.69) is 0 Å². The molecule has 6 nitrogen and oxygen atoms in total. The van der Waals surface area contributed by atoms with E-state index in [0.717, 1.165) is 0 Å². The van der Waals surface area contributed by atoms with Gasteiger partial charge in [0.1, 0.15) is 0 Å². The van der Waals surface area contributed by atoms with Crippen LogP contribution < -0.4 is 28.8 Å². The molecule has 0 aromatic carbocycles. The molecule has 13 heavy (non-hydrogen) atoms. The van der Waals surface area contributed by atoms with Gasteiger partial charge in [-0.15, -0.1) is 0 Å². The molecule has 0 aromatic rings. The summed E-state index contributed by atoms with van der Waals surface area (Å²) in [6.45, 7) is 0. The summed E-state index contributed by atoms with van der Waals surface area (Å²) in [5.74, 6) is 0. The number of rotatable bonds is 0. The normalized spacial score (nSPS) is 9.23. The first kappa shape index (κ1) is 29.4. The Labute approximate surface area is 113 Å². The predicted molar refractivity (Wildman–Crippen MR) is 13.7 cm³/mol. The topological polar surface area (TPSA) is 138 Å². The van der Waals surface area contributed by atoms with Crippen molar-refractivity contribution in [3.8, 4) is 0 Å². The van der Waals surface area contributed by atoms with Gasteiger partial charge in [-0.3, -0.25) is 0 Å². The van der Waals surface area contributed by atoms with E-state index in [0.29, 0.717) is 0 Å². The van der Waals surface area contributed by atoms with Gasteiger partial charge in [0.2, 0.25) is 0 Å². The second-order valence-corrected chi connectivity index (χ2v) is 2.89. The Morgan fingerprint density at radius 2 is 0.538 bits per heavy atom. The maximum absolute atomic E-state index is 10.2. The van der Waals surface area contributed by atoms with Crippen LogP contribution in [-0.4, -0.2) is 18.3 Å². The molecule has 0 unspecified atom stereocenters. The van der Waals surface area contributed by atoms with Crippen molar-refractivity contribution in [1.82, 2.24) is 0 Å². The molecule has 0 spiro atoms. The van der Waals surface area contributed by atoms with Gasteiger partial charge >= 0.3 is 58.4 Å². The summed E-state index contributed by atoms with van der Waals surface area (Å²) >= 11 is 0. The van der Waals surface area contributed by atoms with Crippen molar-refractivity contribution in [2.45, 2.75) is 0 Å². The van der Waals surface area contributed by atoms with Gasteiger partial charge in [0, 0.05) is 0 Å². The van der Waals surface area contributed by atoms with Crippen LogP contribution in [0.25, 0.3) is 0 Å². The van der Waals surface area contributed by atoms with E-state index in [1.807, 2.05) is 0 Å². The summed E-state index contributed by atoms with van der Waals surface area (Å²) in [5.41, 5.74) is 0. The molecule has 0 saturated carbocycles. The first-order valence-electron chi connectivity index (χ1n) is 1.60. The van der Waals surface area contributed by atoms with E-state index in [1.165, 1.54) is 0 Å². The number of hydrogen-bond acceptors (Lipinski definition) is 6. The fourth-order valence-corrected chi connectivity index (χ4v) is 0. The predicted octanol–water partition coefficient (Wildman–Crippen LogP) is -7.06. The van der Waals surface area contributed by atoms with Crippen LogP contribution >= 0.6 is 0 Å². The zero-order valence-electron chi connectivity index (χ0n) is 6.33. The minimum absolute atomic E-state index is 0. The summed E-state index contributed by atoms with van der Waals surface area (Å²) in [7, 11) is -11.7. The van der Waals surface area contributed by atoms with Crippen molar-refractivity contribution in [3.05, 3.63) is 0 Å². The molecule has 0 amide bonds.